The largest absolute Gasteiger partial charge is 0.459 e. The molecule has 2 saturated heterocycles. The van der Waals surface area contributed by atoms with E-state index >= 15 is 4.79 Å². The minimum absolute atomic E-state index is 0.0296. The van der Waals surface area contributed by atoms with Gasteiger partial charge in [-0.3, -0.25) is 14.4 Å². The fourth-order valence-electron chi connectivity index (χ4n) is 11.2. The number of cyclic esters (lactones) is 1. The van der Waals surface area contributed by atoms with Crippen LogP contribution in [0.3, 0.4) is 0 Å². The maximum Gasteiger partial charge on any atom is 0.332 e. The number of benzene rings is 1. The summed E-state index contributed by atoms with van der Waals surface area (Å²) < 4.78 is 49.8. The maximum atomic E-state index is 15.0. The lowest BCUT2D eigenvalue weighted by Gasteiger charge is -2.47. The Balaban J connectivity index is 1.53. The van der Waals surface area contributed by atoms with Crippen molar-refractivity contribution >= 4 is 37.7 Å². The highest BCUT2D eigenvalue weighted by atomic mass is 28.4. The molecule has 14 atom stereocenters. The molecular weight excluding hydrogens is 963 g/mol. The Bertz CT molecular complexity index is 2100. The van der Waals surface area contributed by atoms with E-state index in [1.165, 1.54) is 4.90 Å². The average Bonchev–Trinajstić information content (AvgIpc) is 3.36. The monoisotopic (exact) mass is 1050 g/mol. The molecular formula is C58H91NO14Si. The summed E-state index contributed by atoms with van der Waals surface area (Å²) in [5.41, 5.74) is 2.66. The number of ether oxygens (including phenoxy) is 7. The number of allylic oxidation sites excluding steroid dienone is 3. The quantitative estimate of drug-likeness (QED) is 0.0854. The fraction of sp³-hybridized carbons (Fsp3) is 0.741. The number of aliphatic hydroxyl groups is 1. The van der Waals surface area contributed by atoms with Crippen molar-refractivity contribution in [1.82, 2.24) is 4.90 Å². The number of ketones is 2. The first-order valence-corrected chi connectivity index (χ1v) is 30.2. The fourth-order valence-corrected chi connectivity index (χ4v) is 12.6. The van der Waals surface area contributed by atoms with Gasteiger partial charge in [-0.05, 0) is 119 Å². The lowest BCUT2D eigenvalue weighted by Crippen LogP contribution is -2.64. The highest BCUT2D eigenvalue weighted by molar-refractivity contribution is 6.74. The zero-order valence-electron chi connectivity index (χ0n) is 47.1. The lowest BCUT2D eigenvalue weighted by atomic mass is 9.81. The molecule has 0 spiro atoms. The molecule has 15 nitrogen and oxygen atoms in total. The Labute approximate surface area is 443 Å². The third-order valence-electron chi connectivity index (χ3n) is 16.7. The van der Waals surface area contributed by atoms with Crippen LogP contribution in [0, 0.1) is 29.6 Å². The van der Waals surface area contributed by atoms with Crippen molar-refractivity contribution in [1.29, 1.82) is 0 Å². The Morgan fingerprint density at radius 3 is 2.18 bits per heavy atom. The van der Waals surface area contributed by atoms with E-state index in [0.717, 1.165) is 16.7 Å². The van der Waals surface area contributed by atoms with Gasteiger partial charge in [-0.15, -0.1) is 0 Å². The van der Waals surface area contributed by atoms with Crippen LogP contribution in [0.2, 0.25) is 18.1 Å². The number of carbonyl (C=O) groups excluding carboxylic acids is 5. The molecule has 0 aromatic heterocycles. The molecule has 4 aliphatic rings. The summed E-state index contributed by atoms with van der Waals surface area (Å²) in [6.45, 7) is 22.5. The van der Waals surface area contributed by atoms with Crippen LogP contribution in [0.15, 0.2) is 53.6 Å². The van der Waals surface area contributed by atoms with Crippen LogP contribution in [-0.2, 0) is 68.2 Å². The second-order valence-electron chi connectivity index (χ2n) is 23.4. The van der Waals surface area contributed by atoms with E-state index in [1.807, 2.05) is 58.0 Å². The Kier molecular flexibility index (Phi) is 22.4. The van der Waals surface area contributed by atoms with Gasteiger partial charge in [-0.1, -0.05) is 96.5 Å². The van der Waals surface area contributed by atoms with Crippen LogP contribution in [0.25, 0.3) is 0 Å². The zero-order chi connectivity index (χ0) is 54.7. The van der Waals surface area contributed by atoms with Crippen molar-refractivity contribution < 1.29 is 66.7 Å². The zero-order valence-corrected chi connectivity index (χ0v) is 48.1. The molecule has 1 aromatic rings. The van der Waals surface area contributed by atoms with E-state index in [-0.39, 0.29) is 73.9 Å². The highest BCUT2D eigenvalue weighted by Crippen LogP contribution is 2.42. The molecule has 3 aliphatic heterocycles. The molecule has 1 aliphatic carbocycles. The second kappa shape index (κ2) is 27.1. The molecule has 1 saturated carbocycles. The number of esters is 2. The van der Waals surface area contributed by atoms with Crippen LogP contribution in [0.4, 0.5) is 0 Å². The Morgan fingerprint density at radius 1 is 0.878 bits per heavy atom. The normalized spacial score (nSPS) is 34.7. The van der Waals surface area contributed by atoms with Gasteiger partial charge < -0.3 is 47.6 Å². The SMILES string of the molecule is CC[C@@H]1/C=C(\C)C[C@H](C)C[C@H](OC)[C@H]2O[C@@](O)(C(=O)C(=O)N3CCCC[C@H]3C(=O)O[C@H](/C(C)=C/[C@@H]3CC[C@@H](OCC(=O)OCc4ccccc4)[C@H](OC)C3)[C@H](C)[C@@H](O[Si](C)(C)C(C)(C)C)CC1=O)[C@H](C)C[C@@H]2OC. The molecule has 3 fully saturated rings. The minimum Gasteiger partial charge on any atom is -0.459 e. The molecule has 0 unspecified atom stereocenters. The van der Waals surface area contributed by atoms with Gasteiger partial charge in [-0.2, -0.15) is 0 Å². The second-order valence-corrected chi connectivity index (χ2v) is 28.2. The molecule has 1 N–H and O–H groups in total. The Morgan fingerprint density at radius 2 is 1.54 bits per heavy atom. The molecule has 2 bridgehead atoms. The highest BCUT2D eigenvalue weighted by Gasteiger charge is 2.57. The van der Waals surface area contributed by atoms with Crippen LogP contribution in [0.1, 0.15) is 139 Å². The van der Waals surface area contributed by atoms with Gasteiger partial charge in [-0.25, -0.2) is 9.59 Å². The Hall–Kier alpha value is -3.61. The van der Waals surface area contributed by atoms with Gasteiger partial charge in [0, 0.05) is 52.0 Å². The third kappa shape index (κ3) is 15.5. The maximum absolute atomic E-state index is 15.0. The van der Waals surface area contributed by atoms with Gasteiger partial charge in [0.25, 0.3) is 11.7 Å². The number of rotatable bonds is 13. The van der Waals surface area contributed by atoms with Crippen molar-refractivity contribution in [3.8, 4) is 0 Å². The summed E-state index contributed by atoms with van der Waals surface area (Å²) in [7, 11) is 2.15. The van der Waals surface area contributed by atoms with Crippen molar-refractivity contribution in [2.45, 2.75) is 212 Å². The first-order chi connectivity index (χ1) is 34.9. The van der Waals surface area contributed by atoms with Gasteiger partial charge >= 0.3 is 11.9 Å². The van der Waals surface area contributed by atoms with E-state index in [4.69, 9.17) is 37.6 Å². The number of piperidine rings is 1. The number of nitrogens with zero attached hydrogens (tertiary/aromatic N) is 1. The summed E-state index contributed by atoms with van der Waals surface area (Å²) in [4.78, 5) is 73.0. The van der Waals surface area contributed by atoms with Gasteiger partial charge in [0.1, 0.15) is 37.2 Å². The smallest absolute Gasteiger partial charge is 0.332 e. The van der Waals surface area contributed by atoms with E-state index in [2.05, 4.69) is 52.9 Å². The van der Waals surface area contributed by atoms with E-state index in [1.54, 1.807) is 28.3 Å². The molecule has 0 radical (unpaired) electrons. The lowest BCUT2D eigenvalue weighted by molar-refractivity contribution is -0.302. The first kappa shape index (κ1) is 61.2. The number of carbonyl (C=O) groups is 5. The van der Waals surface area contributed by atoms with Crippen molar-refractivity contribution in [2.24, 2.45) is 29.6 Å². The molecule has 1 amide bonds. The summed E-state index contributed by atoms with van der Waals surface area (Å²) in [5.74, 6) is -7.61. The molecule has 1 aromatic carbocycles. The summed E-state index contributed by atoms with van der Waals surface area (Å²) in [5, 5.41) is 12.1. The van der Waals surface area contributed by atoms with Crippen LogP contribution < -0.4 is 0 Å². The van der Waals surface area contributed by atoms with Gasteiger partial charge in [0.15, 0.2) is 8.32 Å². The predicted molar refractivity (Wildman–Crippen MR) is 284 cm³/mol. The van der Waals surface area contributed by atoms with E-state index < -0.39 is 92.0 Å². The number of fused-ring (bicyclic) bond motifs is 3. The third-order valence-corrected chi connectivity index (χ3v) is 21.3. The summed E-state index contributed by atoms with van der Waals surface area (Å²) in [6, 6.07) is 8.32. The number of hydrogen-bond acceptors (Lipinski definition) is 14. The summed E-state index contributed by atoms with van der Waals surface area (Å²) in [6.07, 6.45) is 5.04. The number of amides is 1. The van der Waals surface area contributed by atoms with Crippen molar-refractivity contribution in [3.05, 3.63) is 59.2 Å². The topological polar surface area (TPSA) is 183 Å². The first-order valence-electron chi connectivity index (χ1n) is 27.3. The van der Waals surface area contributed by atoms with Crippen molar-refractivity contribution in [3.63, 3.8) is 0 Å². The van der Waals surface area contributed by atoms with Gasteiger partial charge in [0.2, 0.25) is 5.79 Å². The van der Waals surface area contributed by atoms with Crippen LogP contribution >= 0.6 is 0 Å². The molecule has 416 valence electrons. The number of Topliss-reactive ketones (excluding diaryl/α,β-unsaturated/α-hetero) is 2. The molecule has 74 heavy (non-hydrogen) atoms. The summed E-state index contributed by atoms with van der Waals surface area (Å²) >= 11 is 0. The van der Waals surface area contributed by atoms with Gasteiger partial charge in [0.05, 0.1) is 30.5 Å². The van der Waals surface area contributed by atoms with E-state index in [9.17, 15) is 24.3 Å². The van der Waals surface area contributed by atoms with Crippen LogP contribution in [0.5, 0.6) is 0 Å². The molecule has 16 heteroatoms. The molecule has 5 rings (SSSR count). The van der Waals surface area contributed by atoms with Crippen molar-refractivity contribution in [2.75, 3.05) is 34.5 Å². The average molecular weight is 1050 g/mol. The number of methoxy groups -OCH3 is 3. The minimum atomic E-state index is -2.58. The van der Waals surface area contributed by atoms with Crippen LogP contribution in [-0.4, -0.2) is 137 Å². The molecule has 3 heterocycles. The predicted octanol–water partition coefficient (Wildman–Crippen LogP) is 9.27. The van der Waals surface area contributed by atoms with E-state index in [0.29, 0.717) is 51.4 Å². The standard InChI is InChI=1S/C58H91NO14Si/c1-15-43-28-36(2)27-37(3)29-49(67-11)53-50(68-12)31-39(5)58(65,72-53)54(62)55(63)59-26-20-19-23-44(59)56(64)71-52(40(6)47(33-45(43)60)73-74(13,14)57(7,8)9)38(4)30-42-24-25-46(48(32-42)66-10)69-35-51(61)70-34-41-21-17-16-18-22-41/h16-18,21-22,28,30,37,39-40,42-44,46-50,52-53,65H,15,19-20,23-27,29,31-35H2,1-14H3/b36-28+,38-30+/t37-,39+,40+,42-,43+,44-,46+,47-,48+,49-,50-,52+,53+,58+/m0/s1. The number of hydrogen-bond donors (Lipinski definition) is 1.